The highest BCUT2D eigenvalue weighted by molar-refractivity contribution is 6.02. The van der Waals surface area contributed by atoms with E-state index in [1.54, 1.807) is 25.3 Å². The maximum Gasteiger partial charge on any atom is 0.166 e. The Morgan fingerprint density at radius 3 is 2.74 bits per heavy atom. The lowest BCUT2D eigenvalue weighted by Crippen LogP contribution is -2.24. The van der Waals surface area contributed by atoms with Gasteiger partial charge in [-0.15, -0.1) is 0 Å². The van der Waals surface area contributed by atoms with E-state index in [1.165, 1.54) is 0 Å². The summed E-state index contributed by atoms with van der Waals surface area (Å²) < 4.78 is 5.18. The molecule has 1 unspecified atom stereocenters. The lowest BCUT2D eigenvalue weighted by Gasteiger charge is -2.24. The van der Waals surface area contributed by atoms with Gasteiger partial charge in [-0.1, -0.05) is 36.4 Å². The molecule has 3 heteroatoms. The van der Waals surface area contributed by atoms with Gasteiger partial charge in [-0.25, -0.2) is 0 Å². The van der Waals surface area contributed by atoms with E-state index < -0.39 is 5.60 Å². The van der Waals surface area contributed by atoms with Gasteiger partial charge in [0.05, 0.1) is 7.11 Å². The Balaban J connectivity index is 2.17. The minimum atomic E-state index is -1.25. The van der Waals surface area contributed by atoms with Crippen LogP contribution in [-0.4, -0.2) is 18.0 Å². The molecule has 1 aliphatic carbocycles. The van der Waals surface area contributed by atoms with Crippen molar-refractivity contribution in [3.63, 3.8) is 0 Å². The number of benzene rings is 2. The van der Waals surface area contributed by atoms with Gasteiger partial charge in [0.25, 0.3) is 0 Å². The summed E-state index contributed by atoms with van der Waals surface area (Å²) in [4.78, 5) is 12.0. The molecule has 0 spiro atoms. The average Bonchev–Trinajstić information content (AvgIpc) is 2.73. The van der Waals surface area contributed by atoms with Crippen LogP contribution in [0, 0.1) is 0 Å². The first-order valence-electron chi connectivity index (χ1n) is 6.15. The van der Waals surface area contributed by atoms with Crippen molar-refractivity contribution < 1.29 is 14.6 Å². The Morgan fingerprint density at radius 2 is 1.95 bits per heavy atom. The molecule has 1 atom stereocenters. The predicted octanol–water partition coefficient (Wildman–Crippen LogP) is 2.52. The van der Waals surface area contributed by atoms with Crippen molar-refractivity contribution in [1.82, 2.24) is 0 Å². The van der Waals surface area contributed by atoms with E-state index in [2.05, 4.69) is 0 Å². The summed E-state index contributed by atoms with van der Waals surface area (Å²) in [6, 6.07) is 14.4. The van der Waals surface area contributed by atoms with Crippen LogP contribution in [0.1, 0.15) is 27.9 Å². The highest BCUT2D eigenvalue weighted by Crippen LogP contribution is 2.42. The van der Waals surface area contributed by atoms with Crippen molar-refractivity contribution in [1.29, 1.82) is 0 Å². The highest BCUT2D eigenvalue weighted by atomic mass is 16.5. The van der Waals surface area contributed by atoms with E-state index >= 15 is 0 Å². The number of hydrogen-bond donors (Lipinski definition) is 1. The number of carbonyl (C=O) groups is 1. The second-order valence-electron chi connectivity index (χ2n) is 4.74. The van der Waals surface area contributed by atoms with E-state index in [-0.39, 0.29) is 12.2 Å². The number of rotatable bonds is 2. The fraction of sp³-hybridized carbons (Fsp3) is 0.188. The van der Waals surface area contributed by atoms with Crippen LogP contribution in [0.4, 0.5) is 0 Å². The molecular weight excluding hydrogens is 240 g/mol. The zero-order valence-electron chi connectivity index (χ0n) is 10.6. The molecule has 0 amide bonds. The van der Waals surface area contributed by atoms with Gasteiger partial charge in [0.1, 0.15) is 11.4 Å². The van der Waals surface area contributed by atoms with Crippen LogP contribution < -0.4 is 4.74 Å². The van der Waals surface area contributed by atoms with E-state index in [0.29, 0.717) is 22.4 Å². The van der Waals surface area contributed by atoms with Crippen molar-refractivity contribution in [2.24, 2.45) is 0 Å². The summed E-state index contributed by atoms with van der Waals surface area (Å²) in [5.41, 5.74) is 0.716. The molecule has 1 N–H and O–H groups in total. The Bertz CT molecular complexity index is 648. The largest absolute Gasteiger partial charge is 0.497 e. The van der Waals surface area contributed by atoms with E-state index in [9.17, 15) is 9.90 Å². The van der Waals surface area contributed by atoms with Gasteiger partial charge < -0.3 is 9.84 Å². The first-order chi connectivity index (χ1) is 9.15. The zero-order valence-corrected chi connectivity index (χ0v) is 10.6. The molecule has 1 aliphatic rings. The number of Topliss-reactive ketones (excluding diaryl/α,β-unsaturated/α-hetero) is 1. The highest BCUT2D eigenvalue weighted by Gasteiger charge is 2.43. The lowest BCUT2D eigenvalue weighted by atomic mass is 9.88. The van der Waals surface area contributed by atoms with Gasteiger partial charge in [-0.3, -0.25) is 4.79 Å². The number of ether oxygens (including phenoxy) is 1. The lowest BCUT2D eigenvalue weighted by molar-refractivity contribution is 0.0685. The molecular formula is C16H14O3. The molecule has 0 fully saturated rings. The van der Waals surface area contributed by atoms with Crippen LogP contribution in [-0.2, 0) is 5.60 Å². The Hall–Kier alpha value is -2.13. The van der Waals surface area contributed by atoms with Crippen molar-refractivity contribution in [3.8, 4) is 5.75 Å². The SMILES string of the molecule is COc1cccc(C2(O)CC(=O)c3ccccc32)c1. The second-order valence-corrected chi connectivity index (χ2v) is 4.74. The van der Waals surface area contributed by atoms with Gasteiger partial charge in [-0.05, 0) is 23.3 Å². The summed E-state index contributed by atoms with van der Waals surface area (Å²) in [6.07, 6.45) is 0.0829. The number of methoxy groups -OCH3 is 1. The van der Waals surface area contributed by atoms with Crippen molar-refractivity contribution in [2.45, 2.75) is 12.0 Å². The van der Waals surface area contributed by atoms with Gasteiger partial charge in [0, 0.05) is 12.0 Å². The second kappa shape index (κ2) is 4.21. The standard InChI is InChI=1S/C16H14O3/c1-19-12-6-4-5-11(9-12)16(18)10-15(17)13-7-2-3-8-14(13)16/h2-9,18H,10H2,1H3. The molecule has 3 nitrogen and oxygen atoms in total. The first kappa shape index (κ1) is 11.9. The summed E-state index contributed by atoms with van der Waals surface area (Å²) in [5, 5.41) is 10.9. The summed E-state index contributed by atoms with van der Waals surface area (Å²) in [7, 11) is 1.58. The Morgan fingerprint density at radius 1 is 1.16 bits per heavy atom. The van der Waals surface area contributed by atoms with Gasteiger partial charge >= 0.3 is 0 Å². The fourth-order valence-corrected chi connectivity index (χ4v) is 2.65. The van der Waals surface area contributed by atoms with Crippen molar-refractivity contribution >= 4 is 5.78 Å². The molecule has 0 aliphatic heterocycles. The zero-order chi connectivity index (χ0) is 13.5. The third kappa shape index (κ3) is 1.74. The Labute approximate surface area is 111 Å². The maximum atomic E-state index is 12.0. The summed E-state index contributed by atoms with van der Waals surface area (Å²) in [6.45, 7) is 0. The minimum absolute atomic E-state index is 0.0269. The topological polar surface area (TPSA) is 46.5 Å². The molecule has 2 aromatic rings. The van der Waals surface area contributed by atoms with Crippen molar-refractivity contribution in [2.75, 3.05) is 7.11 Å². The molecule has 2 aromatic carbocycles. The Kier molecular flexibility index (Phi) is 2.64. The molecule has 19 heavy (non-hydrogen) atoms. The number of hydrogen-bond acceptors (Lipinski definition) is 3. The van der Waals surface area contributed by atoms with E-state index in [1.807, 2.05) is 30.3 Å². The van der Waals surface area contributed by atoms with E-state index in [4.69, 9.17) is 4.74 Å². The van der Waals surface area contributed by atoms with Crippen molar-refractivity contribution in [3.05, 3.63) is 65.2 Å². The maximum absolute atomic E-state index is 12.0. The minimum Gasteiger partial charge on any atom is -0.497 e. The summed E-state index contributed by atoms with van der Waals surface area (Å²) >= 11 is 0. The molecule has 0 saturated carbocycles. The predicted molar refractivity (Wildman–Crippen MR) is 71.4 cm³/mol. The van der Waals surface area contributed by atoms with Crippen LogP contribution in [0.5, 0.6) is 5.75 Å². The van der Waals surface area contributed by atoms with Gasteiger partial charge in [0.15, 0.2) is 5.78 Å². The van der Waals surface area contributed by atoms with Crippen LogP contribution in [0.3, 0.4) is 0 Å². The third-order valence-electron chi connectivity index (χ3n) is 3.64. The summed E-state index contributed by atoms with van der Waals surface area (Å²) in [5.74, 6) is 0.642. The van der Waals surface area contributed by atoms with Gasteiger partial charge in [-0.2, -0.15) is 0 Å². The quantitative estimate of drug-likeness (QED) is 0.895. The molecule has 0 radical (unpaired) electrons. The molecule has 0 bridgehead atoms. The van der Waals surface area contributed by atoms with Gasteiger partial charge in [0.2, 0.25) is 0 Å². The molecule has 0 saturated heterocycles. The van der Waals surface area contributed by atoms with Crippen LogP contribution in [0.25, 0.3) is 0 Å². The first-order valence-corrected chi connectivity index (χ1v) is 6.15. The normalized spacial score (nSPS) is 21.3. The number of aliphatic hydroxyl groups is 1. The monoisotopic (exact) mass is 254 g/mol. The fourth-order valence-electron chi connectivity index (χ4n) is 2.65. The van der Waals surface area contributed by atoms with Crippen LogP contribution in [0.15, 0.2) is 48.5 Å². The molecule has 96 valence electrons. The van der Waals surface area contributed by atoms with E-state index in [0.717, 1.165) is 0 Å². The smallest absolute Gasteiger partial charge is 0.166 e. The molecule has 3 rings (SSSR count). The third-order valence-corrected chi connectivity index (χ3v) is 3.64. The molecule has 0 heterocycles. The average molecular weight is 254 g/mol. The molecule has 0 aromatic heterocycles. The number of ketones is 1. The van der Waals surface area contributed by atoms with Crippen LogP contribution in [0.2, 0.25) is 0 Å². The number of fused-ring (bicyclic) bond motifs is 1. The number of carbonyl (C=O) groups excluding carboxylic acids is 1. The van der Waals surface area contributed by atoms with Crippen LogP contribution >= 0.6 is 0 Å².